The summed E-state index contributed by atoms with van der Waals surface area (Å²) in [5.41, 5.74) is 0.915. The van der Waals surface area contributed by atoms with Gasteiger partial charge >= 0.3 is 0 Å². The molecule has 1 amide bonds. The first-order valence-electron chi connectivity index (χ1n) is 8.99. The molecule has 1 N–H and O–H groups in total. The van der Waals surface area contributed by atoms with Crippen molar-refractivity contribution in [3.63, 3.8) is 0 Å². The molecule has 0 unspecified atom stereocenters. The van der Waals surface area contributed by atoms with Crippen molar-refractivity contribution in [2.45, 2.75) is 11.4 Å². The third-order valence-electron chi connectivity index (χ3n) is 4.50. The maximum atomic E-state index is 13.0. The van der Waals surface area contributed by atoms with Crippen LogP contribution in [0.5, 0.6) is 11.6 Å². The zero-order chi connectivity index (χ0) is 20.9. The number of benzene rings is 1. The Balaban J connectivity index is 1.83. The van der Waals surface area contributed by atoms with E-state index < -0.39 is 15.9 Å². The number of ether oxygens (including phenoxy) is 3. The van der Waals surface area contributed by atoms with Crippen LogP contribution in [-0.4, -0.2) is 64.1 Å². The lowest BCUT2D eigenvalue weighted by Gasteiger charge is -2.26. The molecule has 1 fully saturated rings. The fraction of sp³-hybridized carbons (Fsp3) is 0.368. The van der Waals surface area contributed by atoms with Crippen molar-refractivity contribution in [2.75, 3.05) is 40.5 Å². The minimum atomic E-state index is -3.82. The Morgan fingerprint density at radius 1 is 1.21 bits per heavy atom. The molecule has 29 heavy (non-hydrogen) atoms. The van der Waals surface area contributed by atoms with E-state index in [1.807, 2.05) is 0 Å². The van der Waals surface area contributed by atoms with Gasteiger partial charge in [-0.25, -0.2) is 13.4 Å². The summed E-state index contributed by atoms with van der Waals surface area (Å²) in [6.45, 7) is 1.35. The van der Waals surface area contributed by atoms with E-state index in [2.05, 4.69) is 10.3 Å². The number of nitrogens with zero attached hydrogens (tertiary/aromatic N) is 2. The highest BCUT2D eigenvalue weighted by Crippen LogP contribution is 2.28. The average Bonchev–Trinajstić information content (AvgIpc) is 2.77. The highest BCUT2D eigenvalue weighted by molar-refractivity contribution is 7.89. The van der Waals surface area contributed by atoms with Crippen LogP contribution in [-0.2, 0) is 21.3 Å². The van der Waals surface area contributed by atoms with Crippen LogP contribution in [0.3, 0.4) is 0 Å². The zero-order valence-electron chi connectivity index (χ0n) is 16.3. The molecule has 1 aromatic heterocycles. The van der Waals surface area contributed by atoms with Crippen molar-refractivity contribution in [1.82, 2.24) is 14.6 Å². The quantitative estimate of drug-likeness (QED) is 0.712. The first-order valence-corrected chi connectivity index (χ1v) is 10.4. The Morgan fingerprint density at radius 2 is 1.97 bits per heavy atom. The number of carbonyl (C=O) groups is 1. The minimum absolute atomic E-state index is 0.0477. The first kappa shape index (κ1) is 21.0. The van der Waals surface area contributed by atoms with Crippen LogP contribution >= 0.6 is 0 Å². The van der Waals surface area contributed by atoms with E-state index in [1.54, 1.807) is 18.3 Å². The lowest BCUT2D eigenvalue weighted by atomic mass is 10.2. The molecule has 9 nitrogen and oxygen atoms in total. The van der Waals surface area contributed by atoms with Gasteiger partial charge in [0.05, 0.1) is 27.4 Å². The van der Waals surface area contributed by atoms with Gasteiger partial charge in [-0.2, -0.15) is 4.31 Å². The third kappa shape index (κ3) is 4.66. The van der Waals surface area contributed by atoms with Crippen LogP contribution in [0.4, 0.5) is 0 Å². The molecule has 0 bridgehead atoms. The molecule has 2 aromatic rings. The van der Waals surface area contributed by atoms with Gasteiger partial charge in [0, 0.05) is 37.0 Å². The molecule has 1 aliphatic rings. The Bertz CT molecular complexity index is 974. The van der Waals surface area contributed by atoms with Crippen LogP contribution in [0.1, 0.15) is 15.9 Å². The van der Waals surface area contributed by atoms with Gasteiger partial charge in [0.2, 0.25) is 15.9 Å². The van der Waals surface area contributed by atoms with Gasteiger partial charge in [0.25, 0.3) is 5.91 Å². The van der Waals surface area contributed by atoms with Crippen molar-refractivity contribution < 1.29 is 27.4 Å². The second kappa shape index (κ2) is 9.21. The van der Waals surface area contributed by atoms with Crippen molar-refractivity contribution in [3.8, 4) is 11.6 Å². The molecule has 0 atom stereocenters. The van der Waals surface area contributed by atoms with Gasteiger partial charge < -0.3 is 19.5 Å². The maximum Gasteiger partial charge on any atom is 0.251 e. The SMILES string of the molecule is COc1ccc(C(=O)NCc2cccnc2OC)cc1S(=O)(=O)N1CCOCC1. The fourth-order valence-electron chi connectivity index (χ4n) is 2.97. The zero-order valence-corrected chi connectivity index (χ0v) is 17.1. The number of rotatable bonds is 7. The predicted octanol–water partition coefficient (Wildman–Crippen LogP) is 1.05. The highest BCUT2D eigenvalue weighted by atomic mass is 32.2. The number of methoxy groups -OCH3 is 2. The van der Waals surface area contributed by atoms with E-state index in [9.17, 15) is 13.2 Å². The number of hydrogen-bond donors (Lipinski definition) is 1. The molecule has 10 heteroatoms. The van der Waals surface area contributed by atoms with Crippen LogP contribution in [0.2, 0.25) is 0 Å². The summed E-state index contributed by atoms with van der Waals surface area (Å²) in [7, 11) is -0.929. The lowest BCUT2D eigenvalue weighted by Crippen LogP contribution is -2.40. The standard InChI is InChI=1S/C19H23N3O6S/c1-26-16-6-5-14(12-17(16)29(24,25)22-8-10-28-11-9-22)18(23)21-13-15-4-3-7-20-19(15)27-2/h3-7,12H,8-11,13H2,1-2H3,(H,21,23). The number of sulfonamides is 1. The van der Waals surface area contributed by atoms with Crippen LogP contribution in [0, 0.1) is 0 Å². The summed E-state index contributed by atoms with van der Waals surface area (Å²) in [4.78, 5) is 16.7. The number of pyridine rings is 1. The minimum Gasteiger partial charge on any atom is -0.495 e. The Morgan fingerprint density at radius 3 is 2.66 bits per heavy atom. The third-order valence-corrected chi connectivity index (χ3v) is 6.42. The van der Waals surface area contributed by atoms with Gasteiger partial charge in [-0.05, 0) is 24.3 Å². The van der Waals surface area contributed by atoms with E-state index in [0.29, 0.717) is 24.7 Å². The molecule has 1 aromatic carbocycles. The van der Waals surface area contributed by atoms with Crippen molar-refractivity contribution in [1.29, 1.82) is 0 Å². The smallest absolute Gasteiger partial charge is 0.251 e. The number of morpholine rings is 1. The Hall–Kier alpha value is -2.69. The van der Waals surface area contributed by atoms with Crippen molar-refractivity contribution in [3.05, 3.63) is 47.7 Å². The van der Waals surface area contributed by atoms with Crippen LogP contribution < -0.4 is 14.8 Å². The summed E-state index contributed by atoms with van der Waals surface area (Å²) in [5, 5.41) is 2.76. The monoisotopic (exact) mass is 421 g/mol. The molecule has 0 saturated carbocycles. The molecule has 0 radical (unpaired) electrons. The number of amides is 1. The fourth-order valence-corrected chi connectivity index (χ4v) is 4.56. The number of carbonyl (C=O) groups excluding carboxylic acids is 1. The van der Waals surface area contributed by atoms with Crippen molar-refractivity contribution >= 4 is 15.9 Å². The van der Waals surface area contributed by atoms with Gasteiger partial charge in [0.1, 0.15) is 10.6 Å². The average molecular weight is 421 g/mol. The largest absolute Gasteiger partial charge is 0.495 e. The summed E-state index contributed by atoms with van der Waals surface area (Å²) in [5.74, 6) is 0.178. The molecule has 156 valence electrons. The Labute approximate surface area is 169 Å². The van der Waals surface area contributed by atoms with Crippen LogP contribution in [0.25, 0.3) is 0 Å². The van der Waals surface area contributed by atoms with Gasteiger partial charge in [-0.1, -0.05) is 6.07 Å². The second-order valence-corrected chi connectivity index (χ2v) is 8.14. The number of nitrogens with one attached hydrogen (secondary N) is 1. The lowest BCUT2D eigenvalue weighted by molar-refractivity contribution is 0.0729. The summed E-state index contributed by atoms with van der Waals surface area (Å²) in [6.07, 6.45) is 1.59. The van der Waals surface area contributed by atoms with E-state index in [-0.39, 0.29) is 35.8 Å². The molecule has 2 heterocycles. The van der Waals surface area contributed by atoms with Crippen LogP contribution in [0.15, 0.2) is 41.4 Å². The van der Waals surface area contributed by atoms with Gasteiger partial charge in [-0.3, -0.25) is 4.79 Å². The topological polar surface area (TPSA) is 107 Å². The summed E-state index contributed by atoms with van der Waals surface area (Å²) >= 11 is 0. The Kier molecular flexibility index (Phi) is 6.68. The molecule has 3 rings (SSSR count). The van der Waals surface area contributed by atoms with Gasteiger partial charge in [0.15, 0.2) is 0 Å². The predicted molar refractivity (Wildman–Crippen MR) is 105 cm³/mol. The van der Waals surface area contributed by atoms with Crippen molar-refractivity contribution in [2.24, 2.45) is 0 Å². The van der Waals surface area contributed by atoms with E-state index >= 15 is 0 Å². The van der Waals surface area contributed by atoms with Gasteiger partial charge in [-0.15, -0.1) is 0 Å². The van der Waals surface area contributed by atoms with E-state index in [1.165, 1.54) is 36.7 Å². The molecule has 0 spiro atoms. The maximum absolute atomic E-state index is 13.0. The second-order valence-electron chi connectivity index (χ2n) is 6.24. The molecular weight excluding hydrogens is 398 g/mol. The molecule has 1 aliphatic heterocycles. The summed E-state index contributed by atoms with van der Waals surface area (Å²) in [6, 6.07) is 7.86. The summed E-state index contributed by atoms with van der Waals surface area (Å²) < 4.78 is 43.0. The number of hydrogen-bond acceptors (Lipinski definition) is 7. The molecular formula is C19H23N3O6S. The van der Waals surface area contributed by atoms with E-state index in [4.69, 9.17) is 14.2 Å². The number of aromatic nitrogens is 1. The first-order chi connectivity index (χ1) is 14.0. The molecule has 1 saturated heterocycles. The normalized spacial score (nSPS) is 15.0. The van der Waals surface area contributed by atoms with E-state index in [0.717, 1.165) is 0 Å². The highest BCUT2D eigenvalue weighted by Gasteiger charge is 2.30. The molecule has 0 aliphatic carbocycles.